The summed E-state index contributed by atoms with van der Waals surface area (Å²) in [6, 6.07) is 1.83. The minimum Gasteiger partial charge on any atom is -0.341 e. The molecule has 1 amide bonds. The molecule has 0 saturated carbocycles. The molecule has 0 spiro atoms. The van der Waals surface area contributed by atoms with Crippen molar-refractivity contribution in [3.63, 3.8) is 0 Å². The molecule has 1 aromatic heterocycles. The van der Waals surface area contributed by atoms with Gasteiger partial charge in [0, 0.05) is 37.8 Å². The van der Waals surface area contributed by atoms with Crippen LogP contribution in [0.15, 0.2) is 6.07 Å². The summed E-state index contributed by atoms with van der Waals surface area (Å²) in [5.74, 6) is 0.548. The topological polar surface area (TPSA) is 84.3 Å². The van der Waals surface area contributed by atoms with Gasteiger partial charge in [0.1, 0.15) is 0 Å². The molecule has 7 nitrogen and oxygen atoms in total. The lowest BCUT2D eigenvalue weighted by Crippen LogP contribution is -2.41. The number of carbonyl (C=O) groups is 1. The zero-order valence-electron chi connectivity index (χ0n) is 15.8. The van der Waals surface area contributed by atoms with E-state index in [4.69, 9.17) is 0 Å². The Morgan fingerprint density at radius 1 is 1.36 bits per heavy atom. The van der Waals surface area contributed by atoms with E-state index >= 15 is 0 Å². The van der Waals surface area contributed by atoms with Gasteiger partial charge < -0.3 is 4.90 Å². The highest BCUT2D eigenvalue weighted by atomic mass is 32.2. The van der Waals surface area contributed by atoms with Crippen molar-refractivity contribution < 1.29 is 13.2 Å². The molecule has 1 aliphatic heterocycles. The van der Waals surface area contributed by atoms with Crippen LogP contribution in [0, 0.1) is 25.7 Å². The van der Waals surface area contributed by atoms with Crippen molar-refractivity contribution in [2.45, 2.75) is 53.1 Å². The van der Waals surface area contributed by atoms with Crippen LogP contribution in [0.25, 0.3) is 0 Å². The Morgan fingerprint density at radius 3 is 2.56 bits per heavy atom. The molecule has 1 fully saturated rings. The third kappa shape index (κ3) is 5.54. The Balaban J connectivity index is 1.90. The summed E-state index contributed by atoms with van der Waals surface area (Å²) in [6.07, 6.45) is 2.35. The van der Waals surface area contributed by atoms with Crippen molar-refractivity contribution in [3.05, 3.63) is 17.5 Å². The molecule has 1 aliphatic rings. The molecule has 0 bridgehead atoms. The van der Waals surface area contributed by atoms with Crippen molar-refractivity contribution in [2.75, 3.05) is 19.3 Å². The molecule has 25 heavy (non-hydrogen) atoms. The van der Waals surface area contributed by atoms with Gasteiger partial charge in [0.15, 0.2) is 0 Å². The van der Waals surface area contributed by atoms with Crippen LogP contribution in [0.4, 0.5) is 0 Å². The molecule has 2 rings (SSSR count). The number of nitrogens with one attached hydrogen (secondary N) is 1. The van der Waals surface area contributed by atoms with Gasteiger partial charge in [-0.15, -0.1) is 0 Å². The number of amides is 1. The second-order valence-corrected chi connectivity index (χ2v) is 9.24. The number of hydrogen-bond donors (Lipinski definition) is 1. The SMILES string of the molecule is Cc1cc(C)n(CCCC(=O)N2CC(NS(C)(=O)=O)C(C(C)C)C2)n1. The quantitative estimate of drug-likeness (QED) is 0.784. The summed E-state index contributed by atoms with van der Waals surface area (Å²) in [5, 5.41) is 4.41. The summed E-state index contributed by atoms with van der Waals surface area (Å²) < 4.78 is 27.8. The number of rotatable bonds is 7. The molecule has 0 radical (unpaired) electrons. The monoisotopic (exact) mass is 370 g/mol. The highest BCUT2D eigenvalue weighted by Crippen LogP contribution is 2.25. The fourth-order valence-electron chi connectivity index (χ4n) is 3.55. The smallest absolute Gasteiger partial charge is 0.222 e. The first kappa shape index (κ1) is 19.9. The molecule has 8 heteroatoms. The third-order valence-electron chi connectivity index (χ3n) is 4.80. The van der Waals surface area contributed by atoms with Crippen molar-refractivity contribution >= 4 is 15.9 Å². The molecule has 142 valence electrons. The zero-order valence-corrected chi connectivity index (χ0v) is 16.6. The largest absolute Gasteiger partial charge is 0.341 e. The normalized spacial score (nSPS) is 21.3. The van der Waals surface area contributed by atoms with E-state index in [-0.39, 0.29) is 17.9 Å². The Hall–Kier alpha value is -1.41. The zero-order chi connectivity index (χ0) is 18.8. The molecule has 1 aromatic rings. The number of likely N-dealkylation sites (tertiary alicyclic amines) is 1. The third-order valence-corrected chi connectivity index (χ3v) is 5.53. The van der Waals surface area contributed by atoms with Gasteiger partial charge in [-0.1, -0.05) is 13.8 Å². The lowest BCUT2D eigenvalue weighted by Gasteiger charge is -2.21. The Labute approximate surface area is 150 Å². The number of carbonyl (C=O) groups excluding carboxylic acids is 1. The van der Waals surface area contributed by atoms with Crippen LogP contribution in [0.3, 0.4) is 0 Å². The van der Waals surface area contributed by atoms with Crippen molar-refractivity contribution in [1.29, 1.82) is 0 Å². The van der Waals surface area contributed by atoms with E-state index in [2.05, 4.69) is 23.7 Å². The fraction of sp³-hybridized carbons (Fsp3) is 0.765. The Morgan fingerprint density at radius 2 is 2.04 bits per heavy atom. The second-order valence-electron chi connectivity index (χ2n) is 7.46. The van der Waals surface area contributed by atoms with E-state index in [1.807, 2.05) is 24.6 Å². The van der Waals surface area contributed by atoms with Gasteiger partial charge in [-0.05, 0) is 38.2 Å². The van der Waals surface area contributed by atoms with Gasteiger partial charge in [-0.25, -0.2) is 13.1 Å². The second kappa shape index (κ2) is 7.86. The number of aryl methyl sites for hydroxylation is 3. The van der Waals surface area contributed by atoms with Crippen molar-refractivity contribution in [1.82, 2.24) is 19.4 Å². The van der Waals surface area contributed by atoms with Gasteiger partial charge >= 0.3 is 0 Å². The molecule has 0 aromatic carbocycles. The van der Waals surface area contributed by atoms with Crippen LogP contribution in [-0.2, 0) is 21.4 Å². The lowest BCUT2D eigenvalue weighted by atomic mass is 9.92. The van der Waals surface area contributed by atoms with Crippen LogP contribution in [0.1, 0.15) is 38.1 Å². The average molecular weight is 371 g/mol. The standard InChI is InChI=1S/C17H30N4O3S/c1-12(2)15-10-20(11-16(15)19-25(5,23)24)17(22)7-6-8-21-14(4)9-13(3)18-21/h9,12,15-16,19H,6-8,10-11H2,1-5H3. The van der Waals surface area contributed by atoms with E-state index in [1.54, 1.807) is 4.90 Å². The number of sulfonamides is 1. The summed E-state index contributed by atoms with van der Waals surface area (Å²) in [6.45, 7) is 9.89. The van der Waals surface area contributed by atoms with Crippen LogP contribution >= 0.6 is 0 Å². The van der Waals surface area contributed by atoms with Gasteiger partial charge in [-0.2, -0.15) is 5.10 Å². The van der Waals surface area contributed by atoms with E-state index in [0.29, 0.717) is 25.4 Å². The van der Waals surface area contributed by atoms with Crippen LogP contribution in [0.2, 0.25) is 0 Å². The highest BCUT2D eigenvalue weighted by molar-refractivity contribution is 7.88. The lowest BCUT2D eigenvalue weighted by molar-refractivity contribution is -0.130. The summed E-state index contributed by atoms with van der Waals surface area (Å²) in [5.41, 5.74) is 2.08. The summed E-state index contributed by atoms with van der Waals surface area (Å²) in [7, 11) is -3.28. The predicted octanol–water partition coefficient (Wildman–Crippen LogP) is 1.31. The molecular weight excluding hydrogens is 340 g/mol. The van der Waals surface area contributed by atoms with E-state index < -0.39 is 10.0 Å². The Bertz CT molecular complexity index is 711. The molecular formula is C17H30N4O3S. The van der Waals surface area contributed by atoms with Crippen molar-refractivity contribution in [3.8, 4) is 0 Å². The summed E-state index contributed by atoms with van der Waals surface area (Å²) in [4.78, 5) is 14.3. The maximum atomic E-state index is 12.5. The van der Waals surface area contributed by atoms with Crippen molar-refractivity contribution in [2.24, 2.45) is 11.8 Å². The number of hydrogen-bond acceptors (Lipinski definition) is 4. The summed E-state index contributed by atoms with van der Waals surface area (Å²) >= 11 is 0. The van der Waals surface area contributed by atoms with Gasteiger partial charge in [-0.3, -0.25) is 9.48 Å². The maximum absolute atomic E-state index is 12.5. The first-order valence-corrected chi connectivity index (χ1v) is 10.7. The Kier molecular flexibility index (Phi) is 6.26. The van der Waals surface area contributed by atoms with E-state index in [1.165, 1.54) is 6.26 Å². The van der Waals surface area contributed by atoms with Crippen LogP contribution < -0.4 is 4.72 Å². The molecule has 2 atom stereocenters. The number of nitrogens with zero attached hydrogens (tertiary/aromatic N) is 3. The highest BCUT2D eigenvalue weighted by Gasteiger charge is 2.37. The van der Waals surface area contributed by atoms with Gasteiger partial charge in [0.25, 0.3) is 0 Å². The molecule has 0 aliphatic carbocycles. The number of aromatic nitrogens is 2. The first-order chi connectivity index (χ1) is 11.6. The minimum atomic E-state index is -3.28. The van der Waals surface area contributed by atoms with E-state index in [9.17, 15) is 13.2 Å². The van der Waals surface area contributed by atoms with Gasteiger partial charge in [0.05, 0.1) is 11.9 Å². The van der Waals surface area contributed by atoms with Gasteiger partial charge in [0.2, 0.25) is 15.9 Å². The first-order valence-electron chi connectivity index (χ1n) is 8.83. The molecule has 1 N–H and O–H groups in total. The maximum Gasteiger partial charge on any atom is 0.222 e. The minimum absolute atomic E-state index is 0.0879. The van der Waals surface area contributed by atoms with E-state index in [0.717, 1.165) is 24.4 Å². The molecule has 2 heterocycles. The van der Waals surface area contributed by atoms with Crippen LogP contribution in [-0.4, -0.2) is 54.4 Å². The fourth-order valence-corrected chi connectivity index (χ4v) is 4.35. The molecule has 1 saturated heterocycles. The predicted molar refractivity (Wildman–Crippen MR) is 97.6 cm³/mol. The average Bonchev–Trinajstić information content (AvgIpc) is 3.00. The molecule has 2 unspecified atom stereocenters. The van der Waals surface area contributed by atoms with Crippen LogP contribution in [0.5, 0.6) is 0 Å².